The van der Waals surface area contributed by atoms with Crippen molar-refractivity contribution in [1.29, 1.82) is 0 Å². The number of rotatable bonds is 6. The smallest absolute Gasteiger partial charge is 0.323 e. The van der Waals surface area contributed by atoms with E-state index in [4.69, 9.17) is 9.47 Å². The monoisotopic (exact) mass is 284 g/mol. The first-order valence-corrected chi connectivity index (χ1v) is 6.08. The molecule has 1 unspecified atom stereocenters. The molecule has 0 saturated heterocycles. The number of hydrogen-bond acceptors (Lipinski definition) is 4. The Hall–Kier alpha value is -2.11. The van der Waals surface area contributed by atoms with Crippen LogP contribution in [0.4, 0.5) is 4.39 Å². The summed E-state index contributed by atoms with van der Waals surface area (Å²) in [5.74, 6) is -2.71. The van der Waals surface area contributed by atoms with Crippen molar-refractivity contribution < 1.29 is 28.6 Å². The number of methoxy groups -OCH3 is 1. The van der Waals surface area contributed by atoms with E-state index in [1.165, 1.54) is 26.2 Å². The summed E-state index contributed by atoms with van der Waals surface area (Å²) in [6.45, 7) is 2.93. The first-order chi connectivity index (χ1) is 9.35. The molecule has 1 N–H and O–H groups in total. The summed E-state index contributed by atoms with van der Waals surface area (Å²) in [5.41, 5.74) is -1.38. The molecule has 0 radical (unpaired) electrons. The van der Waals surface area contributed by atoms with Gasteiger partial charge in [-0.25, -0.2) is 4.39 Å². The Bertz CT molecular complexity index is 514. The summed E-state index contributed by atoms with van der Waals surface area (Å²) in [6, 6.07) is 4.06. The Morgan fingerprint density at radius 2 is 2.05 bits per heavy atom. The fraction of sp³-hybridized carbons (Fsp3) is 0.429. The molecule has 0 aromatic heterocycles. The third-order valence-corrected chi connectivity index (χ3v) is 2.97. The molecule has 1 rings (SSSR count). The molecule has 0 aliphatic carbocycles. The van der Waals surface area contributed by atoms with Gasteiger partial charge in [0.15, 0.2) is 17.0 Å². The highest BCUT2D eigenvalue weighted by Gasteiger charge is 2.43. The molecule has 110 valence electrons. The van der Waals surface area contributed by atoms with E-state index in [2.05, 4.69) is 0 Å². The van der Waals surface area contributed by atoms with Crippen LogP contribution in [0.5, 0.6) is 5.75 Å². The molecule has 1 aromatic carbocycles. The Labute approximate surface area is 116 Å². The lowest BCUT2D eigenvalue weighted by atomic mass is 9.83. The lowest BCUT2D eigenvalue weighted by Gasteiger charge is -2.22. The van der Waals surface area contributed by atoms with Crippen molar-refractivity contribution in [3.63, 3.8) is 0 Å². The number of benzene rings is 1. The Kier molecular flexibility index (Phi) is 5.07. The molecule has 6 heteroatoms. The van der Waals surface area contributed by atoms with Gasteiger partial charge in [0.1, 0.15) is 0 Å². The number of carboxylic acid groups (broad SMARTS) is 1. The van der Waals surface area contributed by atoms with Crippen molar-refractivity contribution in [2.75, 3.05) is 13.7 Å². The molecule has 0 amide bonds. The van der Waals surface area contributed by atoms with Crippen molar-refractivity contribution in [3.05, 3.63) is 29.6 Å². The molecular formula is C14H17FO5. The van der Waals surface area contributed by atoms with E-state index < -0.39 is 23.2 Å². The fourth-order valence-electron chi connectivity index (χ4n) is 1.75. The Balaban J connectivity index is 3.05. The third kappa shape index (κ3) is 3.26. The second kappa shape index (κ2) is 6.36. The predicted molar refractivity (Wildman–Crippen MR) is 69.0 cm³/mol. The summed E-state index contributed by atoms with van der Waals surface area (Å²) in [4.78, 5) is 23.1. The molecule has 5 nitrogen and oxygen atoms in total. The summed E-state index contributed by atoms with van der Waals surface area (Å²) in [7, 11) is 1.33. The second-order valence-electron chi connectivity index (χ2n) is 4.50. The molecule has 1 atom stereocenters. The maximum atomic E-state index is 13.6. The summed E-state index contributed by atoms with van der Waals surface area (Å²) < 4.78 is 23.1. The van der Waals surface area contributed by atoms with Gasteiger partial charge in [-0.05, 0) is 38.0 Å². The van der Waals surface area contributed by atoms with E-state index in [1.807, 2.05) is 0 Å². The van der Waals surface area contributed by atoms with Crippen LogP contribution in [0, 0.1) is 11.2 Å². The molecule has 0 bridgehead atoms. The molecular weight excluding hydrogens is 267 g/mol. The second-order valence-corrected chi connectivity index (χ2v) is 4.50. The van der Waals surface area contributed by atoms with Gasteiger partial charge in [0, 0.05) is 0 Å². The van der Waals surface area contributed by atoms with Gasteiger partial charge >= 0.3 is 11.9 Å². The van der Waals surface area contributed by atoms with Gasteiger partial charge < -0.3 is 14.6 Å². The van der Waals surface area contributed by atoms with Gasteiger partial charge in [-0.1, -0.05) is 6.07 Å². The van der Waals surface area contributed by atoms with E-state index in [0.717, 1.165) is 6.07 Å². The van der Waals surface area contributed by atoms with Crippen LogP contribution < -0.4 is 4.74 Å². The van der Waals surface area contributed by atoms with E-state index in [1.54, 1.807) is 6.92 Å². The number of esters is 1. The van der Waals surface area contributed by atoms with Gasteiger partial charge in [0.25, 0.3) is 0 Å². The first kappa shape index (κ1) is 15.9. The van der Waals surface area contributed by atoms with Crippen LogP contribution in [0.25, 0.3) is 0 Å². The molecule has 20 heavy (non-hydrogen) atoms. The van der Waals surface area contributed by atoms with Crippen LogP contribution in [0.15, 0.2) is 18.2 Å². The maximum Gasteiger partial charge on any atom is 0.323 e. The van der Waals surface area contributed by atoms with Gasteiger partial charge in [0.2, 0.25) is 0 Å². The van der Waals surface area contributed by atoms with E-state index in [9.17, 15) is 19.1 Å². The van der Waals surface area contributed by atoms with Crippen LogP contribution in [0.3, 0.4) is 0 Å². The van der Waals surface area contributed by atoms with Gasteiger partial charge in [0.05, 0.1) is 13.7 Å². The molecule has 0 spiro atoms. The molecule has 0 aliphatic rings. The standard InChI is InChI=1S/C14H17FO5/c1-4-20-13(18)14(2,12(16)17)8-9-5-6-11(19-3)10(15)7-9/h5-7H,4,8H2,1-3H3,(H,16,17). The zero-order chi connectivity index (χ0) is 15.3. The van der Waals surface area contributed by atoms with Gasteiger partial charge in [-0.3, -0.25) is 9.59 Å². The van der Waals surface area contributed by atoms with Crippen molar-refractivity contribution in [2.45, 2.75) is 20.3 Å². The minimum atomic E-state index is -1.75. The SMILES string of the molecule is CCOC(=O)C(C)(Cc1ccc(OC)c(F)c1)C(=O)O. The number of halogens is 1. The number of ether oxygens (including phenoxy) is 2. The van der Waals surface area contributed by atoms with Crippen molar-refractivity contribution in [3.8, 4) is 5.75 Å². The Morgan fingerprint density at radius 3 is 2.50 bits per heavy atom. The highest BCUT2D eigenvalue weighted by Crippen LogP contribution is 2.27. The maximum absolute atomic E-state index is 13.6. The fourth-order valence-corrected chi connectivity index (χ4v) is 1.75. The number of carbonyl (C=O) groups excluding carboxylic acids is 1. The lowest BCUT2D eigenvalue weighted by molar-refractivity contribution is -0.167. The highest BCUT2D eigenvalue weighted by atomic mass is 19.1. The van der Waals surface area contributed by atoms with Gasteiger partial charge in [-0.15, -0.1) is 0 Å². The largest absolute Gasteiger partial charge is 0.494 e. The average molecular weight is 284 g/mol. The summed E-state index contributed by atoms with van der Waals surface area (Å²) >= 11 is 0. The minimum Gasteiger partial charge on any atom is -0.494 e. The highest BCUT2D eigenvalue weighted by molar-refractivity contribution is 5.99. The lowest BCUT2D eigenvalue weighted by Crippen LogP contribution is -2.40. The third-order valence-electron chi connectivity index (χ3n) is 2.97. The van der Waals surface area contributed by atoms with E-state index in [0.29, 0.717) is 5.56 Å². The van der Waals surface area contributed by atoms with Crippen molar-refractivity contribution >= 4 is 11.9 Å². The van der Waals surface area contributed by atoms with E-state index >= 15 is 0 Å². The topological polar surface area (TPSA) is 72.8 Å². The first-order valence-electron chi connectivity index (χ1n) is 6.08. The van der Waals surface area contributed by atoms with Crippen LogP contribution in [0.1, 0.15) is 19.4 Å². The zero-order valence-corrected chi connectivity index (χ0v) is 11.6. The van der Waals surface area contributed by atoms with E-state index in [-0.39, 0.29) is 18.8 Å². The molecule has 0 fully saturated rings. The zero-order valence-electron chi connectivity index (χ0n) is 11.6. The average Bonchev–Trinajstić information content (AvgIpc) is 2.38. The van der Waals surface area contributed by atoms with Crippen LogP contribution >= 0.6 is 0 Å². The molecule has 0 heterocycles. The van der Waals surface area contributed by atoms with Crippen LogP contribution in [0.2, 0.25) is 0 Å². The predicted octanol–water partition coefficient (Wildman–Crippen LogP) is 2.03. The minimum absolute atomic E-state index is 0.0573. The van der Waals surface area contributed by atoms with Gasteiger partial charge in [-0.2, -0.15) is 0 Å². The molecule has 0 saturated carbocycles. The molecule has 0 aliphatic heterocycles. The normalized spacial score (nSPS) is 13.4. The van der Waals surface area contributed by atoms with Crippen molar-refractivity contribution in [1.82, 2.24) is 0 Å². The number of hydrogen-bond donors (Lipinski definition) is 1. The summed E-state index contributed by atoms with van der Waals surface area (Å²) in [5, 5.41) is 9.24. The Morgan fingerprint density at radius 1 is 1.40 bits per heavy atom. The quantitative estimate of drug-likeness (QED) is 0.639. The summed E-state index contributed by atoms with van der Waals surface area (Å²) in [6.07, 6.45) is -0.165. The number of carboxylic acids is 1. The molecule has 1 aromatic rings. The van der Waals surface area contributed by atoms with Crippen LogP contribution in [-0.4, -0.2) is 30.8 Å². The van der Waals surface area contributed by atoms with Crippen LogP contribution in [-0.2, 0) is 20.7 Å². The van der Waals surface area contributed by atoms with Crippen molar-refractivity contribution in [2.24, 2.45) is 5.41 Å². The number of aliphatic carboxylic acids is 1. The number of carbonyl (C=O) groups is 2.